The van der Waals surface area contributed by atoms with Gasteiger partial charge in [0.2, 0.25) is 11.1 Å². The fraction of sp³-hybridized carbons (Fsp3) is 0.800. The summed E-state index contributed by atoms with van der Waals surface area (Å²) >= 11 is 3.71. The average molecular weight is 260 g/mol. The quantitative estimate of drug-likeness (QED) is 0.528. The highest BCUT2D eigenvalue weighted by Crippen LogP contribution is 2.16. The molecule has 16 heavy (non-hydrogen) atoms. The number of H-pyrrole nitrogens is 1. The molecule has 0 bridgehead atoms. The van der Waals surface area contributed by atoms with Crippen molar-refractivity contribution in [3.63, 3.8) is 0 Å². The van der Waals surface area contributed by atoms with Crippen LogP contribution in [0.1, 0.15) is 32.6 Å². The summed E-state index contributed by atoms with van der Waals surface area (Å²) in [5, 5.41) is 7.36. The molecule has 0 atom stereocenters. The Hall–Kier alpha value is -0.360. The van der Waals surface area contributed by atoms with E-state index in [1.807, 2.05) is 11.8 Å². The van der Waals surface area contributed by atoms with Crippen LogP contribution in [-0.4, -0.2) is 32.4 Å². The molecule has 0 radical (unpaired) electrons. The molecule has 92 valence electrons. The van der Waals surface area contributed by atoms with Gasteiger partial charge in [-0.05, 0) is 24.3 Å². The number of rotatable bonds is 9. The summed E-state index contributed by atoms with van der Waals surface area (Å²) in [7, 11) is 0. The molecule has 6 heteroatoms. The smallest absolute Gasteiger partial charge is 0.216 e. The zero-order chi connectivity index (χ0) is 11.6. The first-order valence-electron chi connectivity index (χ1n) is 5.71. The molecule has 0 fully saturated rings. The van der Waals surface area contributed by atoms with Crippen LogP contribution in [0.5, 0.6) is 0 Å². The summed E-state index contributed by atoms with van der Waals surface area (Å²) in [4.78, 5) is 4.04. The zero-order valence-corrected chi connectivity index (χ0v) is 11.4. The maximum absolute atomic E-state index is 5.43. The maximum atomic E-state index is 5.43. The lowest BCUT2D eigenvalue weighted by Crippen LogP contribution is -1.88. The second-order valence-corrected chi connectivity index (χ2v) is 5.81. The van der Waals surface area contributed by atoms with Crippen molar-refractivity contribution >= 4 is 29.5 Å². The number of aromatic nitrogens is 3. The Bertz CT molecular complexity index is 278. The van der Waals surface area contributed by atoms with Crippen molar-refractivity contribution in [1.29, 1.82) is 0 Å². The minimum absolute atomic E-state index is 0.399. The van der Waals surface area contributed by atoms with Gasteiger partial charge in [-0.3, -0.25) is 0 Å². The van der Waals surface area contributed by atoms with Crippen molar-refractivity contribution < 1.29 is 0 Å². The molecule has 3 N–H and O–H groups in total. The molecule has 0 saturated carbocycles. The summed E-state index contributed by atoms with van der Waals surface area (Å²) in [6, 6.07) is 0. The largest absolute Gasteiger partial charge is 0.368 e. The fourth-order valence-corrected chi connectivity index (χ4v) is 3.09. The van der Waals surface area contributed by atoms with Gasteiger partial charge in [0.15, 0.2) is 0 Å². The highest BCUT2D eigenvalue weighted by Gasteiger charge is 2.00. The first-order valence-corrected chi connectivity index (χ1v) is 7.85. The van der Waals surface area contributed by atoms with Gasteiger partial charge in [0.1, 0.15) is 0 Å². The minimum Gasteiger partial charge on any atom is -0.368 e. The van der Waals surface area contributed by atoms with E-state index in [0.29, 0.717) is 5.95 Å². The minimum atomic E-state index is 0.399. The van der Waals surface area contributed by atoms with Crippen LogP contribution in [0.2, 0.25) is 0 Å². The van der Waals surface area contributed by atoms with E-state index >= 15 is 0 Å². The number of anilines is 1. The molecule has 4 nitrogen and oxygen atoms in total. The van der Waals surface area contributed by atoms with Gasteiger partial charge in [0, 0.05) is 5.75 Å². The number of nitrogen functional groups attached to an aromatic ring is 1. The van der Waals surface area contributed by atoms with Crippen molar-refractivity contribution in [2.75, 3.05) is 23.0 Å². The predicted octanol–water partition coefficient (Wildman–Crippen LogP) is 2.79. The Labute approximate surface area is 106 Å². The van der Waals surface area contributed by atoms with Gasteiger partial charge < -0.3 is 5.73 Å². The highest BCUT2D eigenvalue weighted by molar-refractivity contribution is 8.00. The van der Waals surface area contributed by atoms with Crippen LogP contribution in [0.15, 0.2) is 5.16 Å². The van der Waals surface area contributed by atoms with Gasteiger partial charge in [-0.15, -0.1) is 5.10 Å². The monoisotopic (exact) mass is 260 g/mol. The molecule has 0 saturated heterocycles. The lowest BCUT2D eigenvalue weighted by molar-refractivity contribution is 0.778. The van der Waals surface area contributed by atoms with Crippen LogP contribution in [0.4, 0.5) is 5.95 Å². The van der Waals surface area contributed by atoms with E-state index in [0.717, 1.165) is 10.9 Å². The third-order valence-corrected chi connectivity index (χ3v) is 4.13. The summed E-state index contributed by atoms with van der Waals surface area (Å²) in [6.07, 6.45) is 5.22. The Morgan fingerprint density at radius 1 is 1.19 bits per heavy atom. The standard InChI is InChI=1S/C10H20N4S2/c1-2-3-4-6-15-7-5-8-16-10-12-9(11)13-14-10/h2-8H2,1H3,(H3,11,12,13,14). The summed E-state index contributed by atoms with van der Waals surface area (Å²) in [5.41, 5.74) is 5.43. The van der Waals surface area contributed by atoms with Gasteiger partial charge in [0.25, 0.3) is 0 Å². The van der Waals surface area contributed by atoms with E-state index < -0.39 is 0 Å². The molecule has 1 heterocycles. The summed E-state index contributed by atoms with van der Waals surface area (Å²) in [5.74, 6) is 4.00. The number of hydrogen-bond donors (Lipinski definition) is 2. The van der Waals surface area contributed by atoms with Crippen molar-refractivity contribution in [1.82, 2.24) is 15.2 Å². The number of thioether (sulfide) groups is 2. The topological polar surface area (TPSA) is 67.6 Å². The lowest BCUT2D eigenvalue weighted by Gasteiger charge is -1.99. The molecule has 0 amide bonds. The number of hydrogen-bond acceptors (Lipinski definition) is 5. The van der Waals surface area contributed by atoms with Crippen LogP contribution >= 0.6 is 23.5 Å². The molecule has 0 aliphatic rings. The number of nitrogens with zero attached hydrogens (tertiary/aromatic N) is 2. The van der Waals surface area contributed by atoms with E-state index in [-0.39, 0.29) is 0 Å². The molecule has 0 unspecified atom stereocenters. The first-order chi connectivity index (χ1) is 7.83. The zero-order valence-electron chi connectivity index (χ0n) is 9.74. The molecule has 0 aliphatic carbocycles. The molecule has 1 rings (SSSR count). The Balaban J connectivity index is 1.88. The highest BCUT2D eigenvalue weighted by atomic mass is 32.2. The van der Waals surface area contributed by atoms with E-state index in [1.165, 1.54) is 37.2 Å². The molecule has 0 aromatic carbocycles. The van der Waals surface area contributed by atoms with Crippen LogP contribution in [0.3, 0.4) is 0 Å². The Morgan fingerprint density at radius 3 is 2.69 bits per heavy atom. The number of nitrogens with two attached hydrogens (primary N) is 1. The van der Waals surface area contributed by atoms with Crippen molar-refractivity contribution in [3.05, 3.63) is 0 Å². The predicted molar refractivity (Wildman–Crippen MR) is 73.0 cm³/mol. The molecular formula is C10H20N4S2. The van der Waals surface area contributed by atoms with E-state index in [9.17, 15) is 0 Å². The van der Waals surface area contributed by atoms with Gasteiger partial charge in [-0.25, -0.2) is 5.10 Å². The third-order valence-electron chi connectivity index (χ3n) is 2.04. The van der Waals surface area contributed by atoms with Crippen LogP contribution < -0.4 is 5.73 Å². The molecule has 1 aromatic rings. The summed E-state index contributed by atoms with van der Waals surface area (Å²) < 4.78 is 0. The van der Waals surface area contributed by atoms with E-state index in [2.05, 4.69) is 22.1 Å². The molecule has 1 aromatic heterocycles. The number of nitrogens with one attached hydrogen (secondary N) is 1. The van der Waals surface area contributed by atoms with Gasteiger partial charge in [-0.1, -0.05) is 31.5 Å². The normalized spacial score (nSPS) is 10.8. The SMILES string of the molecule is CCCCCSCCCSc1n[nH]c(N)n1. The second kappa shape index (κ2) is 8.75. The van der Waals surface area contributed by atoms with E-state index in [4.69, 9.17) is 5.73 Å². The fourth-order valence-electron chi connectivity index (χ4n) is 1.20. The average Bonchev–Trinajstić information content (AvgIpc) is 2.68. The first kappa shape index (κ1) is 13.7. The van der Waals surface area contributed by atoms with Crippen molar-refractivity contribution in [3.8, 4) is 0 Å². The van der Waals surface area contributed by atoms with Crippen molar-refractivity contribution in [2.24, 2.45) is 0 Å². The Morgan fingerprint density at radius 2 is 2.00 bits per heavy atom. The van der Waals surface area contributed by atoms with Gasteiger partial charge in [0.05, 0.1) is 0 Å². The van der Waals surface area contributed by atoms with Gasteiger partial charge in [-0.2, -0.15) is 16.7 Å². The number of aromatic amines is 1. The maximum Gasteiger partial charge on any atom is 0.216 e. The van der Waals surface area contributed by atoms with Crippen LogP contribution in [0, 0.1) is 0 Å². The molecule has 0 spiro atoms. The third kappa shape index (κ3) is 6.27. The van der Waals surface area contributed by atoms with Crippen LogP contribution in [0.25, 0.3) is 0 Å². The van der Waals surface area contributed by atoms with E-state index in [1.54, 1.807) is 11.8 Å². The van der Waals surface area contributed by atoms with Crippen molar-refractivity contribution in [2.45, 2.75) is 37.8 Å². The molecular weight excluding hydrogens is 240 g/mol. The Kier molecular flexibility index (Phi) is 7.50. The second-order valence-electron chi connectivity index (χ2n) is 3.52. The van der Waals surface area contributed by atoms with Crippen LogP contribution in [-0.2, 0) is 0 Å². The van der Waals surface area contributed by atoms with Gasteiger partial charge >= 0.3 is 0 Å². The lowest BCUT2D eigenvalue weighted by atomic mass is 10.3. The number of unbranched alkanes of at least 4 members (excludes halogenated alkanes) is 2. The molecule has 0 aliphatic heterocycles. The summed E-state index contributed by atoms with van der Waals surface area (Å²) in [6.45, 7) is 2.24.